The summed E-state index contributed by atoms with van der Waals surface area (Å²) in [6.07, 6.45) is -1.06. The van der Waals surface area contributed by atoms with E-state index in [9.17, 15) is 18.0 Å². The molecule has 0 spiro atoms. The number of nitrogens with two attached hydrogens (primary N) is 1. The summed E-state index contributed by atoms with van der Waals surface area (Å²) in [5.74, 6) is -1.12. The van der Waals surface area contributed by atoms with Crippen molar-refractivity contribution in [3.05, 3.63) is 58.1 Å². The standard InChI is InChI=1S/C23H28N2O6S/c1-14-11-16(3)19(12-15(14)2)22(26)17(4)31-23(27)20-13-18(32(24,28)29)5-6-21(20)25-7-9-30-10-8-25/h5-6,11-13,17H,7-10H2,1-4H3,(H2,24,28,29). The molecule has 0 saturated carbocycles. The third kappa shape index (κ3) is 5.17. The number of carbonyl (C=O) groups is 2. The summed E-state index contributed by atoms with van der Waals surface area (Å²) in [7, 11) is -4.03. The number of nitrogens with zero attached hydrogens (tertiary/aromatic N) is 1. The number of hydrogen-bond acceptors (Lipinski definition) is 7. The summed E-state index contributed by atoms with van der Waals surface area (Å²) in [6, 6.07) is 7.79. The summed E-state index contributed by atoms with van der Waals surface area (Å²) in [5, 5.41) is 5.26. The lowest BCUT2D eigenvalue weighted by atomic mass is 9.96. The maximum Gasteiger partial charge on any atom is 0.341 e. The highest BCUT2D eigenvalue weighted by Crippen LogP contribution is 2.26. The molecule has 9 heteroatoms. The van der Waals surface area contributed by atoms with Crippen LogP contribution in [0, 0.1) is 20.8 Å². The predicted molar refractivity (Wildman–Crippen MR) is 121 cm³/mol. The van der Waals surface area contributed by atoms with Gasteiger partial charge < -0.3 is 14.4 Å². The highest BCUT2D eigenvalue weighted by molar-refractivity contribution is 7.89. The molecule has 0 aliphatic carbocycles. The second kappa shape index (κ2) is 9.40. The van der Waals surface area contributed by atoms with Gasteiger partial charge in [0.2, 0.25) is 15.8 Å². The van der Waals surface area contributed by atoms with Crippen molar-refractivity contribution in [2.75, 3.05) is 31.2 Å². The number of esters is 1. The first kappa shape index (κ1) is 23.9. The van der Waals surface area contributed by atoms with E-state index in [1.54, 1.807) is 6.07 Å². The first-order chi connectivity index (χ1) is 15.0. The van der Waals surface area contributed by atoms with Gasteiger partial charge in [-0.15, -0.1) is 0 Å². The van der Waals surface area contributed by atoms with Gasteiger partial charge in [-0.25, -0.2) is 18.4 Å². The number of aryl methyl sites for hydroxylation is 3. The Morgan fingerprint density at radius 1 is 1.00 bits per heavy atom. The molecule has 2 N–H and O–H groups in total. The molecule has 0 bridgehead atoms. The topological polar surface area (TPSA) is 116 Å². The summed E-state index contributed by atoms with van der Waals surface area (Å²) in [4.78, 5) is 27.8. The highest BCUT2D eigenvalue weighted by Gasteiger charge is 2.27. The minimum Gasteiger partial charge on any atom is -0.451 e. The van der Waals surface area contributed by atoms with E-state index in [1.807, 2.05) is 31.7 Å². The van der Waals surface area contributed by atoms with Gasteiger partial charge in [0, 0.05) is 18.7 Å². The molecule has 172 valence electrons. The van der Waals surface area contributed by atoms with Crippen molar-refractivity contribution in [2.24, 2.45) is 5.14 Å². The lowest BCUT2D eigenvalue weighted by molar-refractivity contribution is 0.0318. The molecule has 2 aromatic carbocycles. The van der Waals surface area contributed by atoms with Crippen molar-refractivity contribution >= 4 is 27.5 Å². The summed E-state index contributed by atoms with van der Waals surface area (Å²) < 4.78 is 34.5. The molecular formula is C23H28N2O6S. The predicted octanol–water partition coefficient (Wildman–Crippen LogP) is 2.52. The molecule has 1 heterocycles. The van der Waals surface area contributed by atoms with E-state index in [0.717, 1.165) is 16.7 Å². The molecule has 1 atom stereocenters. The molecule has 1 aliphatic heterocycles. The van der Waals surface area contributed by atoms with Crippen molar-refractivity contribution in [2.45, 2.75) is 38.7 Å². The van der Waals surface area contributed by atoms with Crippen LogP contribution in [0.25, 0.3) is 0 Å². The molecule has 1 aliphatic rings. The average molecular weight is 461 g/mol. The maximum absolute atomic E-state index is 13.1. The second-order valence-electron chi connectivity index (χ2n) is 7.99. The van der Waals surface area contributed by atoms with Crippen molar-refractivity contribution in [1.82, 2.24) is 0 Å². The lowest BCUT2D eigenvalue weighted by Gasteiger charge is -2.30. The van der Waals surface area contributed by atoms with E-state index in [2.05, 4.69) is 0 Å². The van der Waals surface area contributed by atoms with E-state index < -0.39 is 22.1 Å². The zero-order chi connectivity index (χ0) is 23.6. The van der Waals surface area contributed by atoms with Gasteiger partial charge in [-0.2, -0.15) is 0 Å². The summed E-state index contributed by atoms with van der Waals surface area (Å²) in [5.41, 5.74) is 3.86. The number of ketones is 1. The van der Waals surface area contributed by atoms with Gasteiger partial charge in [0.1, 0.15) is 0 Å². The van der Waals surface area contributed by atoms with Crippen LogP contribution >= 0.6 is 0 Å². The second-order valence-corrected chi connectivity index (χ2v) is 9.55. The zero-order valence-corrected chi connectivity index (χ0v) is 19.5. The molecular weight excluding hydrogens is 432 g/mol. The zero-order valence-electron chi connectivity index (χ0n) is 18.7. The molecule has 2 aromatic rings. The largest absolute Gasteiger partial charge is 0.451 e. The number of carbonyl (C=O) groups excluding carboxylic acids is 2. The third-order valence-electron chi connectivity index (χ3n) is 5.63. The Labute approximate surface area is 188 Å². The summed E-state index contributed by atoms with van der Waals surface area (Å²) >= 11 is 0. The van der Waals surface area contributed by atoms with Crippen LogP contribution in [0.1, 0.15) is 44.3 Å². The van der Waals surface area contributed by atoms with Crippen molar-refractivity contribution in [3.8, 4) is 0 Å². The van der Waals surface area contributed by atoms with Gasteiger partial charge >= 0.3 is 5.97 Å². The molecule has 0 radical (unpaired) electrons. The minimum atomic E-state index is -4.03. The van der Waals surface area contributed by atoms with Crippen LogP contribution in [0.3, 0.4) is 0 Å². The van der Waals surface area contributed by atoms with Crippen molar-refractivity contribution in [1.29, 1.82) is 0 Å². The number of rotatable bonds is 6. The normalized spacial score (nSPS) is 15.3. The number of hydrogen-bond donors (Lipinski definition) is 1. The van der Waals surface area contributed by atoms with E-state index >= 15 is 0 Å². The fraction of sp³-hybridized carbons (Fsp3) is 0.391. The number of morpholine rings is 1. The van der Waals surface area contributed by atoms with Crippen LogP contribution < -0.4 is 10.0 Å². The monoisotopic (exact) mass is 460 g/mol. The van der Waals surface area contributed by atoms with Gasteiger partial charge in [0.05, 0.1) is 29.4 Å². The molecule has 3 rings (SSSR count). The van der Waals surface area contributed by atoms with Crippen LogP contribution in [-0.4, -0.2) is 52.6 Å². The number of primary sulfonamides is 1. The Kier molecular flexibility index (Phi) is 7.02. The van der Waals surface area contributed by atoms with Crippen LogP contribution in [0.15, 0.2) is 35.2 Å². The van der Waals surface area contributed by atoms with E-state index in [1.165, 1.54) is 25.1 Å². The van der Waals surface area contributed by atoms with Crippen LogP contribution in [0.2, 0.25) is 0 Å². The Hall–Kier alpha value is -2.75. The number of ether oxygens (including phenoxy) is 2. The Morgan fingerprint density at radius 2 is 1.62 bits per heavy atom. The number of anilines is 1. The maximum atomic E-state index is 13.1. The lowest BCUT2D eigenvalue weighted by Crippen LogP contribution is -2.37. The number of sulfonamides is 1. The van der Waals surface area contributed by atoms with Crippen LogP contribution in [0.5, 0.6) is 0 Å². The molecule has 1 saturated heterocycles. The van der Waals surface area contributed by atoms with Gasteiger partial charge in [-0.3, -0.25) is 4.79 Å². The van der Waals surface area contributed by atoms with Gasteiger partial charge in [-0.1, -0.05) is 6.07 Å². The van der Waals surface area contributed by atoms with Crippen molar-refractivity contribution in [3.63, 3.8) is 0 Å². The molecule has 0 amide bonds. The SMILES string of the molecule is Cc1cc(C)c(C(=O)C(C)OC(=O)c2cc(S(N)(=O)=O)ccc2N2CCOCC2)cc1C. The Bertz CT molecular complexity index is 1150. The van der Waals surface area contributed by atoms with Gasteiger partial charge in [-0.05, 0) is 68.7 Å². The first-order valence-electron chi connectivity index (χ1n) is 10.3. The number of Topliss-reactive ketones (excluding diaryl/α,β-unsaturated/α-hetero) is 1. The third-order valence-corrected chi connectivity index (χ3v) is 6.54. The summed E-state index contributed by atoms with van der Waals surface area (Å²) in [6.45, 7) is 9.24. The molecule has 1 unspecified atom stereocenters. The Morgan fingerprint density at radius 3 is 2.25 bits per heavy atom. The van der Waals surface area contributed by atoms with Crippen LogP contribution in [-0.2, 0) is 19.5 Å². The van der Waals surface area contributed by atoms with Gasteiger partial charge in [0.15, 0.2) is 6.10 Å². The first-order valence-corrected chi connectivity index (χ1v) is 11.9. The molecule has 0 aromatic heterocycles. The Balaban J connectivity index is 1.91. The fourth-order valence-electron chi connectivity index (χ4n) is 3.66. The van der Waals surface area contributed by atoms with Crippen LogP contribution in [0.4, 0.5) is 5.69 Å². The average Bonchev–Trinajstić information content (AvgIpc) is 2.75. The number of benzene rings is 2. The minimum absolute atomic E-state index is 0.0369. The molecule has 1 fully saturated rings. The van der Waals surface area contributed by atoms with E-state index in [4.69, 9.17) is 14.6 Å². The fourth-order valence-corrected chi connectivity index (χ4v) is 4.20. The quantitative estimate of drug-likeness (QED) is 0.520. The van der Waals surface area contributed by atoms with Crippen molar-refractivity contribution < 1.29 is 27.5 Å². The molecule has 32 heavy (non-hydrogen) atoms. The molecule has 8 nitrogen and oxygen atoms in total. The highest BCUT2D eigenvalue weighted by atomic mass is 32.2. The van der Waals surface area contributed by atoms with E-state index in [0.29, 0.717) is 37.6 Å². The van der Waals surface area contributed by atoms with E-state index in [-0.39, 0.29) is 16.2 Å². The van der Waals surface area contributed by atoms with Gasteiger partial charge in [0.25, 0.3) is 0 Å². The smallest absolute Gasteiger partial charge is 0.341 e.